The van der Waals surface area contributed by atoms with E-state index in [9.17, 15) is 0 Å². The van der Waals surface area contributed by atoms with Crippen LogP contribution in [0.5, 0.6) is 11.5 Å². The number of para-hydroxylation sites is 2. The Kier molecular flexibility index (Phi) is 5.15. The maximum Gasteiger partial charge on any atom is 0.341 e. The summed E-state index contributed by atoms with van der Waals surface area (Å²) in [6, 6.07) is 7.61. The summed E-state index contributed by atoms with van der Waals surface area (Å²) in [4.78, 5) is 0. The van der Waals surface area contributed by atoms with Crippen LogP contribution < -0.4 is 9.16 Å². The molecule has 75 valence electrons. The lowest BCUT2D eigenvalue weighted by atomic mass is 10.3. The molecular weight excluding hydrogens is 192 g/mol. The van der Waals surface area contributed by atoms with Gasteiger partial charge in [0.25, 0.3) is 0 Å². The first-order chi connectivity index (χ1) is 6.88. The highest BCUT2D eigenvalue weighted by Crippen LogP contribution is 2.25. The molecule has 0 N–H and O–H groups in total. The Morgan fingerprint density at radius 1 is 1.14 bits per heavy atom. The number of unbranched alkanes of at least 4 members (excludes halogenated alkanes) is 2. The van der Waals surface area contributed by atoms with Crippen LogP contribution in [-0.4, -0.2) is 17.1 Å². The van der Waals surface area contributed by atoms with Crippen molar-refractivity contribution in [1.82, 2.24) is 0 Å². The molecule has 14 heavy (non-hydrogen) atoms. The van der Waals surface area contributed by atoms with E-state index >= 15 is 0 Å². The van der Waals surface area contributed by atoms with Gasteiger partial charge < -0.3 is 9.16 Å². The third-order valence-electron chi connectivity index (χ3n) is 1.96. The van der Waals surface area contributed by atoms with Crippen molar-refractivity contribution in [2.45, 2.75) is 26.2 Å². The molecular formula is C11H15O2Si. The highest BCUT2D eigenvalue weighted by atomic mass is 28.2. The zero-order valence-electron chi connectivity index (χ0n) is 8.45. The molecule has 1 aromatic rings. The van der Waals surface area contributed by atoms with Gasteiger partial charge in [0.1, 0.15) is 5.75 Å². The average molecular weight is 207 g/mol. The number of ether oxygens (including phenoxy) is 1. The van der Waals surface area contributed by atoms with Gasteiger partial charge in [0.2, 0.25) is 0 Å². The third kappa shape index (κ3) is 3.42. The average Bonchev–Trinajstić information content (AvgIpc) is 2.25. The van der Waals surface area contributed by atoms with Crippen molar-refractivity contribution < 1.29 is 9.16 Å². The zero-order valence-corrected chi connectivity index (χ0v) is 9.45. The molecule has 0 saturated heterocycles. The Balaban J connectivity index is 2.41. The molecule has 2 nitrogen and oxygen atoms in total. The maximum atomic E-state index is 5.57. The molecule has 0 heterocycles. The minimum Gasteiger partial charge on any atom is -0.538 e. The Labute approximate surface area is 88.8 Å². The fourth-order valence-corrected chi connectivity index (χ4v) is 1.36. The van der Waals surface area contributed by atoms with Crippen LogP contribution in [0.1, 0.15) is 26.2 Å². The van der Waals surface area contributed by atoms with E-state index in [1.54, 1.807) is 0 Å². The predicted molar refractivity (Wildman–Crippen MR) is 57.8 cm³/mol. The number of benzene rings is 1. The molecule has 3 radical (unpaired) electrons. The van der Waals surface area contributed by atoms with Gasteiger partial charge in [-0.3, -0.25) is 0 Å². The first-order valence-electron chi connectivity index (χ1n) is 4.94. The van der Waals surface area contributed by atoms with Crippen LogP contribution in [0.4, 0.5) is 0 Å². The SMILES string of the molecule is CCCCCOc1ccccc1O[Si]. The van der Waals surface area contributed by atoms with Gasteiger partial charge in [-0.15, -0.1) is 0 Å². The number of hydrogen-bond donors (Lipinski definition) is 0. The van der Waals surface area contributed by atoms with Crippen LogP contribution in [0.3, 0.4) is 0 Å². The van der Waals surface area contributed by atoms with Crippen molar-refractivity contribution >= 4 is 10.5 Å². The van der Waals surface area contributed by atoms with E-state index in [1.807, 2.05) is 24.3 Å². The van der Waals surface area contributed by atoms with Crippen LogP contribution >= 0.6 is 0 Å². The lowest BCUT2D eigenvalue weighted by Gasteiger charge is -2.09. The lowest BCUT2D eigenvalue weighted by Crippen LogP contribution is -1.99. The molecule has 0 bridgehead atoms. The van der Waals surface area contributed by atoms with Crippen molar-refractivity contribution in [1.29, 1.82) is 0 Å². The largest absolute Gasteiger partial charge is 0.538 e. The summed E-state index contributed by atoms with van der Waals surface area (Å²) in [5, 5.41) is 0. The summed E-state index contributed by atoms with van der Waals surface area (Å²) in [6.07, 6.45) is 3.50. The first-order valence-corrected chi connectivity index (χ1v) is 5.34. The van der Waals surface area contributed by atoms with E-state index in [2.05, 4.69) is 17.4 Å². The van der Waals surface area contributed by atoms with Gasteiger partial charge in [-0.1, -0.05) is 31.9 Å². The summed E-state index contributed by atoms with van der Waals surface area (Å²) >= 11 is 0. The van der Waals surface area contributed by atoms with Gasteiger partial charge in [-0.05, 0) is 18.6 Å². The molecule has 0 unspecified atom stereocenters. The van der Waals surface area contributed by atoms with Gasteiger partial charge in [0.05, 0.1) is 6.61 Å². The summed E-state index contributed by atoms with van der Waals surface area (Å²) in [5.41, 5.74) is 0. The minimum atomic E-state index is 0.723. The van der Waals surface area contributed by atoms with Crippen molar-refractivity contribution in [2.24, 2.45) is 0 Å². The standard InChI is InChI=1S/C11H15O2Si/c1-2-3-6-9-12-10-7-4-5-8-11(10)13-14/h4-5,7-8H,2-3,6,9H2,1H3. The van der Waals surface area contributed by atoms with E-state index < -0.39 is 0 Å². The Morgan fingerprint density at radius 3 is 2.50 bits per heavy atom. The van der Waals surface area contributed by atoms with E-state index in [4.69, 9.17) is 9.16 Å². The quantitative estimate of drug-likeness (QED) is 0.527. The van der Waals surface area contributed by atoms with Gasteiger partial charge in [-0.25, -0.2) is 0 Å². The molecule has 3 heteroatoms. The van der Waals surface area contributed by atoms with Gasteiger partial charge >= 0.3 is 10.5 Å². The molecule has 0 amide bonds. The van der Waals surface area contributed by atoms with Crippen LogP contribution in [0.15, 0.2) is 24.3 Å². The van der Waals surface area contributed by atoms with Crippen LogP contribution in [0.25, 0.3) is 0 Å². The topological polar surface area (TPSA) is 18.5 Å². The van der Waals surface area contributed by atoms with Crippen LogP contribution in [0, 0.1) is 0 Å². The van der Waals surface area contributed by atoms with E-state index in [0.29, 0.717) is 0 Å². The van der Waals surface area contributed by atoms with Crippen molar-refractivity contribution in [2.75, 3.05) is 6.61 Å². The molecule has 0 saturated carbocycles. The second-order valence-corrected chi connectivity index (χ2v) is 3.31. The highest BCUT2D eigenvalue weighted by molar-refractivity contribution is 6.00. The fraction of sp³-hybridized carbons (Fsp3) is 0.455. The van der Waals surface area contributed by atoms with Crippen LogP contribution in [0.2, 0.25) is 0 Å². The number of hydrogen-bond acceptors (Lipinski definition) is 2. The summed E-state index contributed by atoms with van der Waals surface area (Å²) < 4.78 is 10.6. The van der Waals surface area contributed by atoms with E-state index in [-0.39, 0.29) is 0 Å². The summed E-state index contributed by atoms with van der Waals surface area (Å²) in [7, 11) is 3.00. The van der Waals surface area contributed by atoms with Crippen molar-refractivity contribution in [3.8, 4) is 11.5 Å². The second kappa shape index (κ2) is 6.48. The molecule has 0 spiro atoms. The molecule has 1 aromatic carbocycles. The highest BCUT2D eigenvalue weighted by Gasteiger charge is 2.00. The molecule has 0 aliphatic rings. The number of rotatable bonds is 6. The maximum absolute atomic E-state index is 5.57. The van der Waals surface area contributed by atoms with Gasteiger partial charge in [0.15, 0.2) is 5.75 Å². The third-order valence-corrected chi connectivity index (χ3v) is 2.18. The molecule has 1 rings (SSSR count). The summed E-state index contributed by atoms with van der Waals surface area (Å²) in [6.45, 7) is 2.93. The molecule has 0 aliphatic heterocycles. The van der Waals surface area contributed by atoms with Crippen LogP contribution in [-0.2, 0) is 0 Å². The van der Waals surface area contributed by atoms with Crippen molar-refractivity contribution in [3.63, 3.8) is 0 Å². The van der Waals surface area contributed by atoms with Gasteiger partial charge in [-0.2, -0.15) is 0 Å². The minimum absolute atomic E-state index is 0.723. The summed E-state index contributed by atoms with van der Waals surface area (Å²) in [5.74, 6) is 1.51. The lowest BCUT2D eigenvalue weighted by molar-refractivity contribution is 0.298. The smallest absolute Gasteiger partial charge is 0.341 e. The zero-order chi connectivity index (χ0) is 10.2. The Hall–Kier alpha value is -0.963. The van der Waals surface area contributed by atoms with Gasteiger partial charge in [0, 0.05) is 0 Å². The molecule has 0 aromatic heterocycles. The molecule has 0 atom stereocenters. The van der Waals surface area contributed by atoms with E-state index in [0.717, 1.165) is 24.5 Å². The molecule has 0 aliphatic carbocycles. The fourth-order valence-electron chi connectivity index (χ4n) is 1.19. The van der Waals surface area contributed by atoms with Crippen molar-refractivity contribution in [3.05, 3.63) is 24.3 Å². The first kappa shape index (κ1) is 11.1. The normalized spacial score (nSPS) is 9.86. The Morgan fingerprint density at radius 2 is 1.86 bits per heavy atom. The monoisotopic (exact) mass is 207 g/mol. The second-order valence-electron chi connectivity index (χ2n) is 3.10. The molecule has 0 fully saturated rings. The Bertz CT molecular complexity index is 263. The van der Waals surface area contributed by atoms with E-state index in [1.165, 1.54) is 12.8 Å². The predicted octanol–water partition coefficient (Wildman–Crippen LogP) is 2.72.